The first-order valence-corrected chi connectivity index (χ1v) is 8.15. The number of nitrogens with two attached hydrogens (primary N) is 1. The number of primary amides is 1. The molecule has 0 atom stereocenters. The van der Waals surface area contributed by atoms with E-state index >= 15 is 0 Å². The average Bonchev–Trinajstić information content (AvgIpc) is 2.86. The summed E-state index contributed by atoms with van der Waals surface area (Å²) in [5.74, 6) is -1.04. The van der Waals surface area contributed by atoms with Crippen molar-refractivity contribution in [2.24, 2.45) is 5.73 Å². The Morgan fingerprint density at radius 3 is 2.67 bits per heavy atom. The summed E-state index contributed by atoms with van der Waals surface area (Å²) in [6, 6.07) is 1.36. The van der Waals surface area contributed by atoms with Crippen molar-refractivity contribution in [1.82, 2.24) is 4.90 Å². The van der Waals surface area contributed by atoms with Crippen LogP contribution in [-0.4, -0.2) is 29.9 Å². The van der Waals surface area contributed by atoms with Crippen LogP contribution < -0.4 is 11.1 Å². The number of hydrogen-bond acceptors (Lipinski definition) is 4. The van der Waals surface area contributed by atoms with E-state index < -0.39 is 11.7 Å². The van der Waals surface area contributed by atoms with Crippen LogP contribution in [0.1, 0.15) is 48.2 Å². The summed E-state index contributed by atoms with van der Waals surface area (Å²) in [6.45, 7) is 5.29. The molecule has 6 heteroatoms. The summed E-state index contributed by atoms with van der Waals surface area (Å²) in [7, 11) is 0. The lowest BCUT2D eigenvalue weighted by Crippen LogP contribution is -2.36. The Morgan fingerprint density at radius 1 is 1.42 bits per heavy atom. The van der Waals surface area contributed by atoms with Gasteiger partial charge in [-0.15, -0.1) is 0 Å². The molecule has 1 aliphatic carbocycles. The highest BCUT2D eigenvalue weighted by atomic mass is 19.1. The van der Waals surface area contributed by atoms with Gasteiger partial charge < -0.3 is 16.0 Å². The van der Waals surface area contributed by atoms with E-state index in [9.17, 15) is 9.18 Å². The minimum Gasteiger partial charge on any atom is -0.379 e. The van der Waals surface area contributed by atoms with Crippen molar-refractivity contribution in [3.63, 3.8) is 0 Å². The van der Waals surface area contributed by atoms with E-state index in [4.69, 9.17) is 11.0 Å². The lowest BCUT2D eigenvalue weighted by Gasteiger charge is -2.30. The second-order valence-corrected chi connectivity index (χ2v) is 6.59. The molecule has 1 aromatic carbocycles. The number of halogens is 1. The lowest BCUT2D eigenvalue weighted by atomic mass is 9.96. The third-order valence-corrected chi connectivity index (χ3v) is 5.09. The molecule has 1 heterocycles. The molecule has 1 fully saturated rings. The molecule has 126 valence electrons. The molecule has 0 spiro atoms. The van der Waals surface area contributed by atoms with E-state index in [-0.39, 0.29) is 11.6 Å². The van der Waals surface area contributed by atoms with Crippen LogP contribution in [0.2, 0.25) is 0 Å². The van der Waals surface area contributed by atoms with Gasteiger partial charge in [0.1, 0.15) is 5.82 Å². The van der Waals surface area contributed by atoms with Crippen LogP contribution in [0.15, 0.2) is 11.6 Å². The minimum atomic E-state index is -0.596. The van der Waals surface area contributed by atoms with E-state index in [0.29, 0.717) is 25.2 Å². The molecule has 2 aliphatic rings. The maximum atomic E-state index is 14.7. The largest absolute Gasteiger partial charge is 0.379 e. The van der Waals surface area contributed by atoms with Crippen molar-refractivity contribution in [1.29, 1.82) is 5.26 Å². The standard InChI is InChI=1S/C18H21FN4O/c1-10-7-13-14(18(21)24)8-15(19)17(16(13)11(10)2)22-12-3-5-23(9-20)6-4-12/h8,12,22H,3-7H2,1-2H3,(H2,21,24). The number of fused-ring (bicyclic) bond motifs is 1. The Hall–Kier alpha value is -2.55. The predicted molar refractivity (Wildman–Crippen MR) is 90.7 cm³/mol. The third kappa shape index (κ3) is 2.71. The number of amides is 1. The van der Waals surface area contributed by atoms with Crippen molar-refractivity contribution in [2.75, 3.05) is 18.4 Å². The number of likely N-dealkylation sites (tertiary alicyclic amines) is 1. The van der Waals surface area contributed by atoms with E-state index in [1.165, 1.54) is 6.07 Å². The van der Waals surface area contributed by atoms with Gasteiger partial charge in [0.2, 0.25) is 5.91 Å². The Balaban J connectivity index is 1.96. The fourth-order valence-corrected chi connectivity index (χ4v) is 3.59. The van der Waals surface area contributed by atoms with E-state index in [1.54, 1.807) is 4.90 Å². The van der Waals surface area contributed by atoms with Crippen LogP contribution in [0.4, 0.5) is 10.1 Å². The van der Waals surface area contributed by atoms with Crippen molar-refractivity contribution in [3.05, 3.63) is 34.1 Å². The molecule has 5 nitrogen and oxygen atoms in total. The van der Waals surface area contributed by atoms with Gasteiger partial charge in [0.05, 0.1) is 5.69 Å². The number of rotatable bonds is 3. The second-order valence-electron chi connectivity index (χ2n) is 6.59. The van der Waals surface area contributed by atoms with Crippen LogP contribution in [0.25, 0.3) is 5.57 Å². The molecule has 3 rings (SSSR count). The van der Waals surface area contributed by atoms with E-state index in [2.05, 4.69) is 11.5 Å². The Morgan fingerprint density at radius 2 is 2.08 bits per heavy atom. The zero-order chi connectivity index (χ0) is 17.4. The van der Waals surface area contributed by atoms with Crippen LogP contribution in [0, 0.1) is 17.3 Å². The zero-order valence-corrected chi connectivity index (χ0v) is 13.9. The van der Waals surface area contributed by atoms with Gasteiger partial charge in [-0.2, -0.15) is 5.26 Å². The number of hydrogen-bond donors (Lipinski definition) is 2. The first-order valence-electron chi connectivity index (χ1n) is 8.15. The van der Waals surface area contributed by atoms with Gasteiger partial charge >= 0.3 is 0 Å². The Labute approximate surface area is 140 Å². The maximum Gasteiger partial charge on any atom is 0.249 e. The number of benzene rings is 1. The molecule has 1 saturated heterocycles. The fraction of sp³-hybridized carbons (Fsp3) is 0.444. The number of allylic oxidation sites excluding steroid dienone is 2. The fourth-order valence-electron chi connectivity index (χ4n) is 3.59. The highest BCUT2D eigenvalue weighted by Crippen LogP contribution is 2.41. The quantitative estimate of drug-likeness (QED) is 0.836. The number of anilines is 1. The molecule has 0 bridgehead atoms. The molecular formula is C18H21FN4O. The molecule has 1 amide bonds. The number of nitrogens with one attached hydrogen (secondary N) is 1. The molecule has 1 aromatic rings. The van der Waals surface area contributed by atoms with Crippen LogP contribution in [0.5, 0.6) is 0 Å². The summed E-state index contributed by atoms with van der Waals surface area (Å²) < 4.78 is 14.7. The number of nitrogens with zero attached hydrogens (tertiary/aromatic N) is 2. The van der Waals surface area contributed by atoms with Gasteiger partial charge in [-0.1, -0.05) is 5.57 Å². The number of piperidine rings is 1. The van der Waals surface area contributed by atoms with Gasteiger partial charge in [-0.25, -0.2) is 4.39 Å². The normalized spacial score (nSPS) is 17.7. The monoisotopic (exact) mass is 328 g/mol. The summed E-state index contributed by atoms with van der Waals surface area (Å²) in [5, 5.41) is 12.2. The zero-order valence-electron chi connectivity index (χ0n) is 13.9. The molecular weight excluding hydrogens is 307 g/mol. The van der Waals surface area contributed by atoms with Crippen LogP contribution in [-0.2, 0) is 6.42 Å². The number of carbonyl (C=O) groups excluding carboxylic acids is 1. The molecule has 0 unspecified atom stereocenters. The van der Waals surface area contributed by atoms with Gasteiger partial charge in [0.15, 0.2) is 6.19 Å². The molecule has 0 radical (unpaired) electrons. The first-order chi connectivity index (χ1) is 11.4. The van der Waals surface area contributed by atoms with Crippen molar-refractivity contribution in [2.45, 2.75) is 39.2 Å². The van der Waals surface area contributed by atoms with Crippen molar-refractivity contribution >= 4 is 17.2 Å². The lowest BCUT2D eigenvalue weighted by molar-refractivity contribution is 0.0999. The van der Waals surface area contributed by atoms with Crippen molar-refractivity contribution < 1.29 is 9.18 Å². The van der Waals surface area contributed by atoms with Gasteiger partial charge in [-0.3, -0.25) is 4.79 Å². The minimum absolute atomic E-state index is 0.112. The SMILES string of the molecule is CC1=C(C)c2c(c(C(N)=O)cc(F)c2NC2CCN(C#N)CC2)C1. The second kappa shape index (κ2) is 6.16. The molecule has 0 saturated carbocycles. The summed E-state index contributed by atoms with van der Waals surface area (Å²) in [4.78, 5) is 13.4. The number of carbonyl (C=O) groups is 1. The highest BCUT2D eigenvalue weighted by molar-refractivity contribution is 5.99. The molecule has 3 N–H and O–H groups in total. The molecule has 1 aliphatic heterocycles. The van der Waals surface area contributed by atoms with Gasteiger partial charge in [-0.05, 0) is 50.3 Å². The van der Waals surface area contributed by atoms with Gasteiger partial charge in [0, 0.05) is 30.3 Å². The van der Waals surface area contributed by atoms with Crippen molar-refractivity contribution in [3.8, 4) is 6.19 Å². The summed E-state index contributed by atoms with van der Waals surface area (Å²) >= 11 is 0. The predicted octanol–water partition coefficient (Wildman–Crippen LogP) is 2.63. The molecule has 0 aromatic heterocycles. The van der Waals surface area contributed by atoms with Crippen LogP contribution >= 0.6 is 0 Å². The Kier molecular flexibility index (Phi) is 4.18. The van der Waals surface area contributed by atoms with E-state index in [0.717, 1.165) is 35.1 Å². The first kappa shape index (κ1) is 16.3. The summed E-state index contributed by atoms with van der Waals surface area (Å²) in [6.07, 6.45) is 4.33. The van der Waals surface area contributed by atoms with Gasteiger partial charge in [0.25, 0.3) is 0 Å². The Bertz CT molecular complexity index is 770. The highest BCUT2D eigenvalue weighted by Gasteiger charge is 2.29. The number of nitriles is 1. The average molecular weight is 328 g/mol. The maximum absolute atomic E-state index is 14.7. The smallest absolute Gasteiger partial charge is 0.249 e. The summed E-state index contributed by atoms with van der Waals surface area (Å²) in [5.41, 5.74) is 9.88. The van der Waals surface area contributed by atoms with E-state index in [1.807, 2.05) is 13.8 Å². The molecule has 24 heavy (non-hydrogen) atoms. The third-order valence-electron chi connectivity index (χ3n) is 5.09. The van der Waals surface area contributed by atoms with Crippen LogP contribution in [0.3, 0.4) is 0 Å². The topological polar surface area (TPSA) is 82.2 Å².